The largest absolute Gasteiger partial charge is 0.497 e. The minimum absolute atomic E-state index is 0.664. The van der Waals surface area contributed by atoms with Gasteiger partial charge in [-0.15, -0.1) is 0 Å². The van der Waals surface area contributed by atoms with Crippen LogP contribution in [0.2, 0.25) is 0 Å². The maximum atomic E-state index is 5.74. The van der Waals surface area contributed by atoms with Crippen LogP contribution in [0.25, 0.3) is 0 Å². The first kappa shape index (κ1) is 19.8. The molecule has 3 rings (SSSR count). The van der Waals surface area contributed by atoms with Crippen molar-refractivity contribution < 1.29 is 4.74 Å². The van der Waals surface area contributed by atoms with Gasteiger partial charge in [0.05, 0.1) is 7.11 Å². The number of hydrogen-bond donors (Lipinski definition) is 1. The first-order valence-electron chi connectivity index (χ1n) is 9.34. The summed E-state index contributed by atoms with van der Waals surface area (Å²) in [7, 11) is 1.66. The number of aryl methyl sites for hydroxylation is 1. The maximum Gasteiger partial charge on any atom is 0.174 e. The number of methoxy groups -OCH3 is 1. The number of hydrogen-bond acceptors (Lipinski definition) is 3. The van der Waals surface area contributed by atoms with Crippen molar-refractivity contribution in [2.45, 2.75) is 26.4 Å². The third-order valence-corrected chi connectivity index (χ3v) is 4.87. The molecule has 0 fully saturated rings. The molecule has 0 amide bonds. The molecule has 0 aliphatic carbocycles. The zero-order valence-corrected chi connectivity index (χ0v) is 17.1. The zero-order chi connectivity index (χ0) is 19.8. The number of pyridine rings is 1. The molecule has 4 nitrogen and oxygen atoms in total. The molecule has 0 spiro atoms. The lowest BCUT2D eigenvalue weighted by Crippen LogP contribution is -2.33. The van der Waals surface area contributed by atoms with Crippen LogP contribution in [0.3, 0.4) is 0 Å². The van der Waals surface area contributed by atoms with E-state index in [1.54, 1.807) is 13.3 Å². The topological polar surface area (TPSA) is 37.4 Å². The minimum Gasteiger partial charge on any atom is -0.497 e. The molecule has 0 atom stereocenters. The van der Waals surface area contributed by atoms with Gasteiger partial charge in [0.25, 0.3) is 0 Å². The lowest BCUT2D eigenvalue weighted by molar-refractivity contribution is 0.411. The molecule has 0 aliphatic heterocycles. The lowest BCUT2D eigenvalue weighted by Gasteiger charge is -2.26. The molecule has 0 unspecified atom stereocenters. The molecular weight excluding hydrogens is 366 g/mol. The summed E-state index contributed by atoms with van der Waals surface area (Å²) in [6, 6.07) is 20.5. The van der Waals surface area contributed by atoms with E-state index in [1.807, 2.05) is 36.5 Å². The van der Waals surface area contributed by atoms with Crippen LogP contribution < -0.4 is 10.1 Å². The SMILES string of the molecule is CCc1ccc(CN(Cc2cccnc2)C(=S)Nc2cccc(OC)c2)cc1. The van der Waals surface area contributed by atoms with Gasteiger partial charge in [0.15, 0.2) is 5.11 Å². The second-order valence-electron chi connectivity index (χ2n) is 6.55. The van der Waals surface area contributed by atoms with Crippen LogP contribution in [-0.2, 0) is 19.5 Å². The molecule has 2 aromatic carbocycles. The van der Waals surface area contributed by atoms with Crippen LogP contribution in [0, 0.1) is 0 Å². The van der Waals surface area contributed by atoms with Gasteiger partial charge in [-0.25, -0.2) is 0 Å². The Morgan fingerprint density at radius 2 is 1.75 bits per heavy atom. The second-order valence-corrected chi connectivity index (χ2v) is 6.94. The van der Waals surface area contributed by atoms with Crippen molar-refractivity contribution in [1.82, 2.24) is 9.88 Å². The number of aromatic nitrogens is 1. The molecule has 144 valence electrons. The lowest BCUT2D eigenvalue weighted by atomic mass is 10.1. The van der Waals surface area contributed by atoms with Crippen molar-refractivity contribution in [2.75, 3.05) is 12.4 Å². The molecule has 0 bridgehead atoms. The summed E-state index contributed by atoms with van der Waals surface area (Å²) in [5.74, 6) is 0.793. The van der Waals surface area contributed by atoms with Crippen LogP contribution in [0.15, 0.2) is 73.1 Å². The number of rotatable bonds is 7. The average Bonchev–Trinajstić information content (AvgIpc) is 2.74. The first-order valence-corrected chi connectivity index (χ1v) is 9.75. The third kappa shape index (κ3) is 5.54. The third-order valence-electron chi connectivity index (χ3n) is 4.51. The first-order chi connectivity index (χ1) is 13.7. The fourth-order valence-electron chi connectivity index (χ4n) is 2.92. The van der Waals surface area contributed by atoms with E-state index in [4.69, 9.17) is 17.0 Å². The Bertz CT molecular complexity index is 897. The van der Waals surface area contributed by atoms with Gasteiger partial charge >= 0.3 is 0 Å². The summed E-state index contributed by atoms with van der Waals surface area (Å²) in [6.07, 6.45) is 4.70. The van der Waals surface area contributed by atoms with Crippen molar-refractivity contribution in [3.05, 3.63) is 89.7 Å². The van der Waals surface area contributed by atoms with E-state index in [2.05, 4.69) is 52.5 Å². The van der Waals surface area contributed by atoms with Gasteiger partial charge in [-0.05, 0) is 53.5 Å². The number of anilines is 1. The van der Waals surface area contributed by atoms with E-state index in [0.717, 1.165) is 23.4 Å². The van der Waals surface area contributed by atoms with Crippen LogP contribution in [-0.4, -0.2) is 22.1 Å². The monoisotopic (exact) mass is 391 g/mol. The number of nitrogens with one attached hydrogen (secondary N) is 1. The summed E-state index contributed by atoms with van der Waals surface area (Å²) in [5, 5.41) is 4.00. The van der Waals surface area contributed by atoms with Gasteiger partial charge in [0, 0.05) is 37.2 Å². The van der Waals surface area contributed by atoms with Gasteiger partial charge in [-0.1, -0.05) is 43.3 Å². The van der Waals surface area contributed by atoms with Gasteiger partial charge in [-0.2, -0.15) is 0 Å². The highest BCUT2D eigenvalue weighted by atomic mass is 32.1. The van der Waals surface area contributed by atoms with Crippen molar-refractivity contribution in [3.63, 3.8) is 0 Å². The molecule has 1 N–H and O–H groups in total. The van der Waals surface area contributed by atoms with E-state index in [9.17, 15) is 0 Å². The van der Waals surface area contributed by atoms with Gasteiger partial charge in [0.1, 0.15) is 5.75 Å². The molecule has 1 aromatic heterocycles. The van der Waals surface area contributed by atoms with Gasteiger partial charge in [0.2, 0.25) is 0 Å². The highest BCUT2D eigenvalue weighted by molar-refractivity contribution is 7.80. The summed E-state index contributed by atoms with van der Waals surface area (Å²) in [5.41, 5.74) is 4.57. The highest BCUT2D eigenvalue weighted by Crippen LogP contribution is 2.19. The van der Waals surface area contributed by atoms with Crippen molar-refractivity contribution in [1.29, 1.82) is 0 Å². The average molecular weight is 392 g/mol. The molecule has 28 heavy (non-hydrogen) atoms. The summed E-state index contributed by atoms with van der Waals surface area (Å²) in [6.45, 7) is 3.56. The Labute approximate surface area is 172 Å². The van der Waals surface area contributed by atoms with Crippen molar-refractivity contribution >= 4 is 23.0 Å². The smallest absolute Gasteiger partial charge is 0.174 e. The van der Waals surface area contributed by atoms with Crippen LogP contribution in [0.1, 0.15) is 23.6 Å². The Morgan fingerprint density at radius 1 is 1.00 bits per heavy atom. The zero-order valence-electron chi connectivity index (χ0n) is 16.3. The summed E-state index contributed by atoms with van der Waals surface area (Å²) < 4.78 is 5.30. The van der Waals surface area contributed by atoms with E-state index in [0.29, 0.717) is 18.2 Å². The molecule has 1 heterocycles. The molecule has 0 radical (unpaired) electrons. The quantitative estimate of drug-likeness (QED) is 0.570. The highest BCUT2D eigenvalue weighted by Gasteiger charge is 2.12. The van der Waals surface area contributed by atoms with E-state index < -0.39 is 0 Å². The van der Waals surface area contributed by atoms with E-state index in [1.165, 1.54) is 11.1 Å². The van der Waals surface area contributed by atoms with Gasteiger partial charge < -0.3 is 15.0 Å². The Hall–Kier alpha value is -2.92. The number of thiocarbonyl (C=S) groups is 1. The predicted molar refractivity (Wildman–Crippen MR) is 119 cm³/mol. The van der Waals surface area contributed by atoms with Crippen LogP contribution >= 0.6 is 12.2 Å². The number of ether oxygens (including phenoxy) is 1. The normalized spacial score (nSPS) is 10.4. The molecule has 0 saturated heterocycles. The standard InChI is InChI=1S/C23H25N3OS/c1-3-18-9-11-19(12-10-18)16-26(17-20-6-5-13-24-15-20)23(28)25-21-7-4-8-22(14-21)27-2/h4-15H,3,16-17H2,1-2H3,(H,25,28). The fraction of sp³-hybridized carbons (Fsp3) is 0.217. The number of benzene rings is 2. The summed E-state index contributed by atoms with van der Waals surface area (Å²) >= 11 is 5.74. The van der Waals surface area contributed by atoms with Crippen LogP contribution in [0.5, 0.6) is 5.75 Å². The molecule has 0 saturated carbocycles. The number of nitrogens with zero attached hydrogens (tertiary/aromatic N) is 2. The second kappa shape index (κ2) is 9.85. The molecule has 5 heteroatoms. The van der Waals surface area contributed by atoms with E-state index >= 15 is 0 Å². The van der Waals surface area contributed by atoms with E-state index in [-0.39, 0.29) is 0 Å². The molecule has 0 aliphatic rings. The minimum atomic E-state index is 0.664. The Kier molecular flexibility index (Phi) is 6.98. The summed E-state index contributed by atoms with van der Waals surface area (Å²) in [4.78, 5) is 6.37. The fourth-order valence-corrected chi connectivity index (χ4v) is 3.16. The van der Waals surface area contributed by atoms with Crippen LogP contribution in [0.4, 0.5) is 5.69 Å². The van der Waals surface area contributed by atoms with Crippen molar-refractivity contribution in [3.8, 4) is 5.75 Å². The van der Waals surface area contributed by atoms with Gasteiger partial charge in [-0.3, -0.25) is 4.98 Å². The van der Waals surface area contributed by atoms with Crippen molar-refractivity contribution in [2.24, 2.45) is 0 Å². The molecule has 3 aromatic rings. The Balaban J connectivity index is 1.78. The Morgan fingerprint density at radius 3 is 2.43 bits per heavy atom. The molecular formula is C23H25N3OS. The predicted octanol–water partition coefficient (Wildman–Crippen LogP) is 5.05. The maximum absolute atomic E-state index is 5.74.